The molecular formula is C16H18N4O. The highest BCUT2D eigenvalue weighted by Gasteiger charge is 2.40. The molecule has 2 N–H and O–H groups in total. The lowest BCUT2D eigenvalue weighted by atomic mass is 10.1. The first-order chi connectivity index (χ1) is 10.3. The third-order valence-corrected chi connectivity index (χ3v) is 4.56. The maximum atomic E-state index is 12.3. The molecular weight excluding hydrogens is 264 g/mol. The maximum Gasteiger partial charge on any atom is 0.325 e. The first-order valence-corrected chi connectivity index (χ1v) is 7.42. The minimum Gasteiger partial charge on any atom is -0.333 e. The van der Waals surface area contributed by atoms with Crippen LogP contribution >= 0.6 is 0 Å². The molecule has 3 atom stereocenters. The molecule has 2 fully saturated rings. The van der Waals surface area contributed by atoms with Crippen molar-refractivity contribution in [3.8, 4) is 11.1 Å². The first-order valence-electron chi connectivity index (χ1n) is 7.42. The van der Waals surface area contributed by atoms with Gasteiger partial charge in [0, 0.05) is 48.0 Å². The Balaban J connectivity index is 1.47. The first kappa shape index (κ1) is 12.6. The molecule has 5 heteroatoms. The number of hydrogen-bond donors (Lipinski definition) is 2. The predicted octanol–water partition coefficient (Wildman–Crippen LogP) is 1.86. The Bertz CT molecular complexity index is 651. The molecule has 2 aromatic heterocycles. The third kappa shape index (κ3) is 2.34. The largest absolute Gasteiger partial charge is 0.333 e. The normalized spacial score (nSPS) is 27.0. The molecule has 108 valence electrons. The van der Waals surface area contributed by atoms with Crippen LogP contribution in [0.5, 0.6) is 0 Å². The summed E-state index contributed by atoms with van der Waals surface area (Å²) in [5, 5.41) is 6.60. The summed E-state index contributed by atoms with van der Waals surface area (Å²) in [5.41, 5.74) is 2.02. The predicted molar refractivity (Wildman–Crippen MR) is 79.9 cm³/mol. The standard InChI is InChI=1S/C16H18N4O/c21-16(19-15-7-11-6-14(15)18-8-11)20-5-3-13(10-20)12-2-1-4-17-9-12/h1-5,9-11,14-15,18H,6-8H2,(H,19,21). The van der Waals surface area contributed by atoms with Crippen molar-refractivity contribution in [3.05, 3.63) is 43.0 Å². The van der Waals surface area contributed by atoms with Crippen molar-refractivity contribution in [1.29, 1.82) is 0 Å². The number of carbonyl (C=O) groups is 1. The van der Waals surface area contributed by atoms with E-state index in [1.54, 1.807) is 23.2 Å². The molecule has 1 aliphatic carbocycles. The summed E-state index contributed by atoms with van der Waals surface area (Å²) < 4.78 is 1.62. The quantitative estimate of drug-likeness (QED) is 0.884. The summed E-state index contributed by atoms with van der Waals surface area (Å²) in [6.07, 6.45) is 9.50. The van der Waals surface area contributed by atoms with Gasteiger partial charge in [-0.2, -0.15) is 0 Å². The second-order valence-electron chi connectivity index (χ2n) is 5.96. The highest BCUT2D eigenvalue weighted by Crippen LogP contribution is 2.31. The molecule has 0 spiro atoms. The van der Waals surface area contributed by atoms with Crippen molar-refractivity contribution in [1.82, 2.24) is 20.2 Å². The number of fused-ring (bicyclic) bond motifs is 2. The lowest BCUT2D eigenvalue weighted by Crippen LogP contribution is -2.48. The topological polar surface area (TPSA) is 59.0 Å². The summed E-state index contributed by atoms with van der Waals surface area (Å²) in [6, 6.07) is 6.49. The summed E-state index contributed by atoms with van der Waals surface area (Å²) in [6.45, 7) is 1.10. The van der Waals surface area contributed by atoms with Crippen LogP contribution in [0.1, 0.15) is 12.8 Å². The lowest BCUT2D eigenvalue weighted by Gasteiger charge is -2.23. The van der Waals surface area contributed by atoms with Crippen LogP contribution in [-0.2, 0) is 0 Å². The van der Waals surface area contributed by atoms with E-state index >= 15 is 0 Å². The molecule has 1 amide bonds. The van der Waals surface area contributed by atoms with E-state index in [1.807, 2.05) is 24.4 Å². The van der Waals surface area contributed by atoms with Gasteiger partial charge in [-0.1, -0.05) is 6.07 Å². The molecule has 2 bridgehead atoms. The van der Waals surface area contributed by atoms with Crippen molar-refractivity contribution in [2.24, 2.45) is 5.92 Å². The number of nitrogens with zero attached hydrogens (tertiary/aromatic N) is 2. The minimum atomic E-state index is -0.0514. The molecule has 1 saturated heterocycles. The van der Waals surface area contributed by atoms with Gasteiger partial charge in [0.2, 0.25) is 0 Å². The van der Waals surface area contributed by atoms with Gasteiger partial charge in [0.25, 0.3) is 0 Å². The number of hydrogen-bond acceptors (Lipinski definition) is 3. The third-order valence-electron chi connectivity index (χ3n) is 4.56. The molecule has 2 aromatic rings. The number of amides is 1. The van der Waals surface area contributed by atoms with Crippen LogP contribution in [0.4, 0.5) is 4.79 Å². The van der Waals surface area contributed by atoms with Gasteiger partial charge in [-0.3, -0.25) is 9.55 Å². The molecule has 3 heterocycles. The van der Waals surface area contributed by atoms with Crippen molar-refractivity contribution in [3.63, 3.8) is 0 Å². The van der Waals surface area contributed by atoms with Gasteiger partial charge in [0.15, 0.2) is 0 Å². The van der Waals surface area contributed by atoms with E-state index in [0.717, 1.165) is 30.0 Å². The van der Waals surface area contributed by atoms with Crippen molar-refractivity contribution < 1.29 is 4.79 Å². The highest BCUT2D eigenvalue weighted by molar-refractivity contribution is 5.79. The molecule has 0 aromatic carbocycles. The molecule has 3 unspecified atom stereocenters. The van der Waals surface area contributed by atoms with Gasteiger partial charge >= 0.3 is 6.03 Å². The number of nitrogens with one attached hydrogen (secondary N) is 2. The van der Waals surface area contributed by atoms with Gasteiger partial charge in [0.1, 0.15) is 0 Å². The van der Waals surface area contributed by atoms with E-state index in [-0.39, 0.29) is 12.1 Å². The fourth-order valence-corrected chi connectivity index (χ4v) is 3.47. The maximum absolute atomic E-state index is 12.3. The van der Waals surface area contributed by atoms with Gasteiger partial charge in [-0.25, -0.2) is 4.79 Å². The zero-order chi connectivity index (χ0) is 14.2. The van der Waals surface area contributed by atoms with Crippen LogP contribution in [0.3, 0.4) is 0 Å². The molecule has 0 radical (unpaired) electrons. The lowest BCUT2D eigenvalue weighted by molar-refractivity contribution is 0.234. The minimum absolute atomic E-state index is 0.0514. The molecule has 21 heavy (non-hydrogen) atoms. The van der Waals surface area contributed by atoms with E-state index in [1.165, 1.54) is 6.42 Å². The van der Waals surface area contributed by atoms with Crippen LogP contribution in [0, 0.1) is 5.92 Å². The van der Waals surface area contributed by atoms with Gasteiger partial charge in [-0.15, -0.1) is 0 Å². The fraction of sp³-hybridized carbons (Fsp3) is 0.375. The zero-order valence-electron chi connectivity index (χ0n) is 11.7. The van der Waals surface area contributed by atoms with E-state index in [0.29, 0.717) is 6.04 Å². The Labute approximate surface area is 123 Å². The molecule has 1 aliphatic heterocycles. The number of carbonyl (C=O) groups excluding carboxylic acids is 1. The van der Waals surface area contributed by atoms with Crippen LogP contribution < -0.4 is 10.6 Å². The number of aromatic nitrogens is 2. The Hall–Kier alpha value is -2.14. The monoisotopic (exact) mass is 282 g/mol. The van der Waals surface area contributed by atoms with Gasteiger partial charge in [-0.05, 0) is 37.4 Å². The van der Waals surface area contributed by atoms with Gasteiger partial charge < -0.3 is 10.6 Å². The molecule has 5 nitrogen and oxygen atoms in total. The highest BCUT2D eigenvalue weighted by atomic mass is 16.2. The number of piperidine rings is 1. The number of pyridine rings is 1. The Morgan fingerprint density at radius 2 is 2.29 bits per heavy atom. The molecule has 2 aliphatic rings. The summed E-state index contributed by atoms with van der Waals surface area (Å²) in [5.74, 6) is 0.732. The van der Waals surface area contributed by atoms with Crippen molar-refractivity contribution >= 4 is 6.03 Å². The van der Waals surface area contributed by atoms with Gasteiger partial charge in [0.05, 0.1) is 0 Å². The Morgan fingerprint density at radius 1 is 1.33 bits per heavy atom. The summed E-state index contributed by atoms with van der Waals surface area (Å²) in [4.78, 5) is 16.4. The smallest absolute Gasteiger partial charge is 0.325 e. The van der Waals surface area contributed by atoms with Crippen molar-refractivity contribution in [2.45, 2.75) is 24.9 Å². The average Bonchev–Trinajstić information content (AvgIpc) is 3.24. The van der Waals surface area contributed by atoms with Crippen LogP contribution in [-0.4, -0.2) is 34.2 Å². The Morgan fingerprint density at radius 3 is 3.00 bits per heavy atom. The van der Waals surface area contributed by atoms with E-state index < -0.39 is 0 Å². The van der Waals surface area contributed by atoms with Crippen LogP contribution in [0.25, 0.3) is 11.1 Å². The second kappa shape index (κ2) is 5.00. The summed E-state index contributed by atoms with van der Waals surface area (Å²) >= 11 is 0. The van der Waals surface area contributed by atoms with E-state index in [4.69, 9.17) is 0 Å². The average molecular weight is 282 g/mol. The van der Waals surface area contributed by atoms with Crippen LogP contribution in [0.2, 0.25) is 0 Å². The molecule has 4 rings (SSSR count). The fourth-order valence-electron chi connectivity index (χ4n) is 3.47. The van der Waals surface area contributed by atoms with E-state index in [9.17, 15) is 4.79 Å². The molecule has 1 saturated carbocycles. The second-order valence-corrected chi connectivity index (χ2v) is 5.96. The zero-order valence-corrected chi connectivity index (χ0v) is 11.7. The Kier molecular flexibility index (Phi) is 3.00. The van der Waals surface area contributed by atoms with Crippen LogP contribution in [0.15, 0.2) is 43.0 Å². The van der Waals surface area contributed by atoms with Crippen molar-refractivity contribution in [2.75, 3.05) is 6.54 Å². The van der Waals surface area contributed by atoms with E-state index in [2.05, 4.69) is 15.6 Å². The summed E-state index contributed by atoms with van der Waals surface area (Å²) in [7, 11) is 0. The number of rotatable bonds is 2. The SMILES string of the molecule is O=C(NC1CC2CNC1C2)n1ccc(-c2cccnc2)c1.